The Kier molecular flexibility index (Phi) is 3.95. The topological polar surface area (TPSA) is 12.0 Å². The van der Waals surface area contributed by atoms with Crippen LogP contribution in [0.2, 0.25) is 0 Å². The van der Waals surface area contributed by atoms with E-state index in [0.717, 1.165) is 24.4 Å². The molecule has 0 spiro atoms. The Morgan fingerprint density at radius 2 is 2.17 bits per heavy atom. The zero-order valence-electron chi connectivity index (χ0n) is 11.2. The minimum absolute atomic E-state index is 0.722. The molecule has 1 fully saturated rings. The molecule has 1 N–H and O–H groups in total. The highest BCUT2D eigenvalue weighted by Crippen LogP contribution is 2.39. The van der Waals surface area contributed by atoms with E-state index in [1.165, 1.54) is 36.3 Å². The fraction of sp³-hybridized carbons (Fsp3) is 0.625. The SMILES string of the molecule is CCC(CC1CC1)NCC1CSc2ccccc21. The zero-order chi connectivity index (χ0) is 12.4. The third-order valence-corrected chi connectivity index (χ3v) is 5.51. The normalized spacial score (nSPS) is 23.9. The molecule has 1 aliphatic heterocycles. The van der Waals surface area contributed by atoms with Crippen molar-refractivity contribution in [3.63, 3.8) is 0 Å². The Morgan fingerprint density at radius 1 is 1.33 bits per heavy atom. The first-order valence-electron chi connectivity index (χ1n) is 7.32. The van der Waals surface area contributed by atoms with E-state index in [1.54, 1.807) is 5.56 Å². The summed E-state index contributed by atoms with van der Waals surface area (Å²) in [5.41, 5.74) is 1.57. The van der Waals surface area contributed by atoms with Crippen LogP contribution in [-0.4, -0.2) is 18.3 Å². The lowest BCUT2D eigenvalue weighted by atomic mass is 10.00. The Bertz CT molecular complexity index is 400. The average Bonchev–Trinajstić information content (AvgIpc) is 3.13. The molecule has 1 aromatic carbocycles. The third kappa shape index (κ3) is 2.92. The molecular weight excluding hydrogens is 238 g/mol. The highest BCUT2D eigenvalue weighted by Gasteiger charge is 2.26. The van der Waals surface area contributed by atoms with Crippen LogP contribution in [0, 0.1) is 5.92 Å². The van der Waals surface area contributed by atoms with Crippen molar-refractivity contribution in [2.45, 2.75) is 49.5 Å². The van der Waals surface area contributed by atoms with E-state index in [9.17, 15) is 0 Å². The van der Waals surface area contributed by atoms with Gasteiger partial charge in [-0.2, -0.15) is 0 Å². The number of rotatable bonds is 6. The molecule has 98 valence electrons. The number of benzene rings is 1. The fourth-order valence-corrected chi connectivity index (χ4v) is 4.11. The van der Waals surface area contributed by atoms with Gasteiger partial charge in [0.25, 0.3) is 0 Å². The van der Waals surface area contributed by atoms with Crippen LogP contribution in [0.5, 0.6) is 0 Å². The first kappa shape index (κ1) is 12.6. The van der Waals surface area contributed by atoms with E-state index < -0.39 is 0 Å². The van der Waals surface area contributed by atoms with Gasteiger partial charge in [-0.1, -0.05) is 38.0 Å². The molecule has 2 aliphatic rings. The van der Waals surface area contributed by atoms with Gasteiger partial charge < -0.3 is 5.32 Å². The summed E-state index contributed by atoms with van der Waals surface area (Å²) in [7, 11) is 0. The van der Waals surface area contributed by atoms with Crippen molar-refractivity contribution in [1.29, 1.82) is 0 Å². The molecule has 3 rings (SSSR count). The Hall–Kier alpha value is -0.470. The van der Waals surface area contributed by atoms with E-state index in [0.29, 0.717) is 0 Å². The van der Waals surface area contributed by atoms with Crippen molar-refractivity contribution in [1.82, 2.24) is 5.32 Å². The molecule has 18 heavy (non-hydrogen) atoms. The molecule has 0 aromatic heterocycles. The maximum atomic E-state index is 3.81. The van der Waals surface area contributed by atoms with Gasteiger partial charge in [-0.15, -0.1) is 11.8 Å². The standard InChI is InChI=1S/C16H23NS/c1-2-14(9-12-7-8-12)17-10-13-11-18-16-6-4-3-5-15(13)16/h3-6,12-14,17H,2,7-11H2,1H3. The molecular formula is C16H23NS. The Labute approximate surface area is 115 Å². The van der Waals surface area contributed by atoms with E-state index in [2.05, 4.69) is 36.5 Å². The average molecular weight is 261 g/mol. The molecule has 1 aromatic rings. The minimum Gasteiger partial charge on any atom is -0.313 e. The summed E-state index contributed by atoms with van der Waals surface area (Å²) in [6.45, 7) is 3.48. The van der Waals surface area contributed by atoms with Gasteiger partial charge in [0.15, 0.2) is 0 Å². The van der Waals surface area contributed by atoms with Crippen molar-refractivity contribution in [3.8, 4) is 0 Å². The van der Waals surface area contributed by atoms with Crippen LogP contribution < -0.4 is 5.32 Å². The van der Waals surface area contributed by atoms with Gasteiger partial charge in [0, 0.05) is 29.2 Å². The lowest BCUT2D eigenvalue weighted by molar-refractivity contribution is 0.435. The van der Waals surface area contributed by atoms with Crippen LogP contribution in [0.25, 0.3) is 0 Å². The smallest absolute Gasteiger partial charge is 0.0108 e. The summed E-state index contributed by atoms with van der Waals surface area (Å²) >= 11 is 2.02. The molecule has 2 unspecified atom stereocenters. The van der Waals surface area contributed by atoms with Crippen LogP contribution in [0.15, 0.2) is 29.2 Å². The molecule has 0 bridgehead atoms. The lowest BCUT2D eigenvalue weighted by Crippen LogP contribution is -2.32. The van der Waals surface area contributed by atoms with Crippen LogP contribution in [-0.2, 0) is 0 Å². The Morgan fingerprint density at radius 3 is 2.94 bits per heavy atom. The predicted octanol–water partition coefficient (Wildman–Crippen LogP) is 4.04. The number of nitrogens with one attached hydrogen (secondary N) is 1. The van der Waals surface area contributed by atoms with Gasteiger partial charge in [-0.25, -0.2) is 0 Å². The van der Waals surface area contributed by atoms with Gasteiger partial charge in [-0.05, 0) is 30.4 Å². The second-order valence-corrected chi connectivity index (χ2v) is 6.80. The quantitative estimate of drug-likeness (QED) is 0.829. The monoisotopic (exact) mass is 261 g/mol. The summed E-state index contributed by atoms with van der Waals surface area (Å²) in [6, 6.07) is 9.66. The van der Waals surface area contributed by atoms with E-state index in [1.807, 2.05) is 11.8 Å². The fourth-order valence-electron chi connectivity index (χ4n) is 2.86. The van der Waals surface area contributed by atoms with Crippen molar-refractivity contribution < 1.29 is 0 Å². The van der Waals surface area contributed by atoms with Crippen molar-refractivity contribution in [2.75, 3.05) is 12.3 Å². The highest BCUT2D eigenvalue weighted by molar-refractivity contribution is 7.99. The molecule has 1 saturated carbocycles. The maximum Gasteiger partial charge on any atom is 0.0108 e. The second-order valence-electron chi connectivity index (χ2n) is 5.74. The largest absolute Gasteiger partial charge is 0.313 e. The van der Waals surface area contributed by atoms with Gasteiger partial charge >= 0.3 is 0 Å². The first-order chi connectivity index (χ1) is 8.86. The van der Waals surface area contributed by atoms with E-state index in [4.69, 9.17) is 0 Å². The van der Waals surface area contributed by atoms with Gasteiger partial charge in [0.1, 0.15) is 0 Å². The maximum absolute atomic E-state index is 3.81. The van der Waals surface area contributed by atoms with Gasteiger partial charge in [0.05, 0.1) is 0 Å². The summed E-state index contributed by atoms with van der Waals surface area (Å²) in [5.74, 6) is 3.01. The van der Waals surface area contributed by atoms with E-state index in [-0.39, 0.29) is 0 Å². The molecule has 0 amide bonds. The van der Waals surface area contributed by atoms with Crippen LogP contribution >= 0.6 is 11.8 Å². The number of hydrogen-bond donors (Lipinski definition) is 1. The Balaban J connectivity index is 1.54. The number of thioether (sulfide) groups is 1. The van der Waals surface area contributed by atoms with Crippen molar-refractivity contribution in [3.05, 3.63) is 29.8 Å². The minimum atomic E-state index is 0.722. The van der Waals surface area contributed by atoms with Gasteiger partial charge in [0.2, 0.25) is 0 Å². The lowest BCUT2D eigenvalue weighted by Gasteiger charge is -2.19. The van der Waals surface area contributed by atoms with Gasteiger partial charge in [-0.3, -0.25) is 0 Å². The predicted molar refractivity (Wildman–Crippen MR) is 79.3 cm³/mol. The first-order valence-corrected chi connectivity index (χ1v) is 8.30. The molecule has 0 radical (unpaired) electrons. The second kappa shape index (κ2) is 5.66. The van der Waals surface area contributed by atoms with Crippen LogP contribution in [0.3, 0.4) is 0 Å². The molecule has 1 nitrogen and oxygen atoms in total. The summed E-state index contributed by atoms with van der Waals surface area (Å²) in [4.78, 5) is 1.50. The number of hydrogen-bond acceptors (Lipinski definition) is 2. The zero-order valence-corrected chi connectivity index (χ0v) is 12.0. The highest BCUT2D eigenvalue weighted by atomic mass is 32.2. The summed E-state index contributed by atoms with van der Waals surface area (Å²) < 4.78 is 0. The molecule has 1 heterocycles. The van der Waals surface area contributed by atoms with Crippen molar-refractivity contribution in [2.24, 2.45) is 5.92 Å². The molecule has 2 atom stereocenters. The van der Waals surface area contributed by atoms with E-state index >= 15 is 0 Å². The summed E-state index contributed by atoms with van der Waals surface area (Å²) in [6.07, 6.45) is 5.62. The number of fused-ring (bicyclic) bond motifs is 1. The van der Waals surface area contributed by atoms with Crippen molar-refractivity contribution >= 4 is 11.8 Å². The molecule has 2 heteroatoms. The summed E-state index contributed by atoms with van der Waals surface area (Å²) in [5, 5.41) is 3.81. The van der Waals surface area contributed by atoms with Crippen LogP contribution in [0.4, 0.5) is 0 Å². The van der Waals surface area contributed by atoms with Crippen LogP contribution in [0.1, 0.15) is 44.1 Å². The third-order valence-electron chi connectivity index (χ3n) is 4.26. The molecule has 0 saturated heterocycles. The molecule has 1 aliphatic carbocycles.